The predicted octanol–water partition coefficient (Wildman–Crippen LogP) is 4.50. The van der Waals surface area contributed by atoms with Gasteiger partial charge in [0.15, 0.2) is 0 Å². The maximum Gasteiger partial charge on any atom is 0.138 e. The lowest BCUT2D eigenvalue weighted by molar-refractivity contribution is 0.544. The summed E-state index contributed by atoms with van der Waals surface area (Å²) < 4.78 is 0. The first-order valence-corrected chi connectivity index (χ1v) is 8.13. The van der Waals surface area contributed by atoms with Crippen LogP contribution in [0.2, 0.25) is 0 Å². The lowest BCUT2D eigenvalue weighted by atomic mass is 9.95. The van der Waals surface area contributed by atoms with Crippen LogP contribution in [0.1, 0.15) is 71.7 Å². The normalized spacial score (nSPS) is 13.1. The van der Waals surface area contributed by atoms with Crippen LogP contribution < -0.4 is 10.6 Å². The largest absolute Gasteiger partial charge is 0.373 e. The zero-order chi connectivity index (χ0) is 16.0. The fourth-order valence-corrected chi connectivity index (χ4v) is 2.24. The molecule has 4 nitrogen and oxygen atoms in total. The van der Waals surface area contributed by atoms with Crippen LogP contribution in [0.15, 0.2) is 0 Å². The topological polar surface area (TPSA) is 49.8 Å². The molecule has 0 saturated carbocycles. The number of nitrogens with one attached hydrogen (secondary N) is 2. The van der Waals surface area contributed by atoms with Crippen molar-refractivity contribution >= 4 is 11.6 Å². The van der Waals surface area contributed by atoms with Gasteiger partial charge in [0.05, 0.1) is 0 Å². The Hall–Kier alpha value is -1.32. The van der Waals surface area contributed by atoms with E-state index in [1.165, 1.54) is 25.7 Å². The molecule has 0 saturated heterocycles. The Balaban J connectivity index is 2.94. The summed E-state index contributed by atoms with van der Waals surface area (Å²) in [7, 11) is 1.91. The van der Waals surface area contributed by atoms with Gasteiger partial charge in [0, 0.05) is 24.1 Å². The first kappa shape index (κ1) is 17.7. The monoisotopic (exact) mass is 292 g/mol. The molecule has 0 bridgehead atoms. The summed E-state index contributed by atoms with van der Waals surface area (Å²) in [5, 5.41) is 6.75. The Morgan fingerprint density at radius 1 is 1.10 bits per heavy atom. The number of aromatic nitrogens is 2. The highest BCUT2D eigenvalue weighted by Crippen LogP contribution is 2.26. The molecule has 4 heteroatoms. The average molecular weight is 292 g/mol. The number of hydrogen-bond acceptors (Lipinski definition) is 4. The molecule has 0 aliphatic carbocycles. The molecular weight excluding hydrogens is 260 g/mol. The van der Waals surface area contributed by atoms with Crippen molar-refractivity contribution in [3.05, 3.63) is 11.4 Å². The first-order chi connectivity index (χ1) is 9.79. The smallest absolute Gasteiger partial charge is 0.138 e. The molecule has 2 N–H and O–H groups in total. The molecule has 21 heavy (non-hydrogen) atoms. The molecule has 0 aliphatic rings. The second-order valence-corrected chi connectivity index (χ2v) is 6.91. The van der Waals surface area contributed by atoms with Crippen LogP contribution in [0.3, 0.4) is 0 Å². The standard InChI is InChI=1S/C17H32N4/c1-8-9-10-11-12(2)19-15-13(3)14(18-7)20-16(21-15)17(4,5)6/h12H,8-11H2,1-7H3,(H2,18,19,20,21). The van der Waals surface area contributed by atoms with Gasteiger partial charge in [0.2, 0.25) is 0 Å². The molecular formula is C17H32N4. The van der Waals surface area contributed by atoms with E-state index in [9.17, 15) is 0 Å². The molecule has 0 amide bonds. The highest BCUT2D eigenvalue weighted by atomic mass is 15.1. The van der Waals surface area contributed by atoms with E-state index in [-0.39, 0.29) is 5.41 Å². The van der Waals surface area contributed by atoms with Crippen LogP contribution in [-0.4, -0.2) is 23.1 Å². The van der Waals surface area contributed by atoms with Gasteiger partial charge < -0.3 is 10.6 Å². The summed E-state index contributed by atoms with van der Waals surface area (Å²) in [4.78, 5) is 9.40. The Morgan fingerprint density at radius 2 is 1.71 bits per heavy atom. The summed E-state index contributed by atoms with van der Waals surface area (Å²) in [5.41, 5.74) is 1.04. The third kappa shape index (κ3) is 5.18. The summed E-state index contributed by atoms with van der Waals surface area (Å²) in [6.07, 6.45) is 5.00. The maximum absolute atomic E-state index is 4.76. The van der Waals surface area contributed by atoms with Crippen molar-refractivity contribution < 1.29 is 0 Å². The van der Waals surface area contributed by atoms with Gasteiger partial charge in [-0.05, 0) is 20.3 Å². The first-order valence-electron chi connectivity index (χ1n) is 8.13. The van der Waals surface area contributed by atoms with E-state index < -0.39 is 0 Å². The summed E-state index contributed by atoms with van der Waals surface area (Å²) >= 11 is 0. The van der Waals surface area contributed by atoms with Crippen LogP contribution in [-0.2, 0) is 5.41 Å². The van der Waals surface area contributed by atoms with Crippen molar-refractivity contribution in [2.45, 2.75) is 78.7 Å². The fourth-order valence-electron chi connectivity index (χ4n) is 2.24. The molecule has 1 heterocycles. The molecule has 1 unspecified atom stereocenters. The number of rotatable bonds is 7. The van der Waals surface area contributed by atoms with E-state index in [2.05, 4.69) is 57.2 Å². The van der Waals surface area contributed by atoms with Gasteiger partial charge in [-0.3, -0.25) is 0 Å². The summed E-state index contributed by atoms with van der Waals surface area (Å²) in [6.45, 7) is 13.0. The van der Waals surface area contributed by atoms with Gasteiger partial charge >= 0.3 is 0 Å². The van der Waals surface area contributed by atoms with Gasteiger partial charge in [-0.25, -0.2) is 9.97 Å². The predicted molar refractivity (Wildman–Crippen MR) is 92.2 cm³/mol. The second kappa shape index (κ2) is 7.62. The van der Waals surface area contributed by atoms with Crippen LogP contribution in [0.25, 0.3) is 0 Å². The summed E-state index contributed by atoms with van der Waals surface area (Å²) in [5.74, 6) is 2.75. The molecule has 1 rings (SSSR count). The van der Waals surface area contributed by atoms with E-state index >= 15 is 0 Å². The molecule has 0 spiro atoms. The molecule has 0 aliphatic heterocycles. The molecule has 120 valence electrons. The molecule has 1 aromatic rings. The van der Waals surface area contributed by atoms with Crippen LogP contribution >= 0.6 is 0 Å². The third-order valence-electron chi connectivity index (χ3n) is 3.68. The van der Waals surface area contributed by atoms with E-state index in [0.29, 0.717) is 6.04 Å². The zero-order valence-electron chi connectivity index (χ0n) is 14.8. The van der Waals surface area contributed by atoms with Crippen molar-refractivity contribution in [2.24, 2.45) is 0 Å². The quantitative estimate of drug-likeness (QED) is 0.726. The second-order valence-electron chi connectivity index (χ2n) is 6.91. The van der Waals surface area contributed by atoms with E-state index in [1.807, 2.05) is 7.05 Å². The van der Waals surface area contributed by atoms with Crippen molar-refractivity contribution in [1.29, 1.82) is 0 Å². The highest BCUT2D eigenvalue weighted by molar-refractivity contribution is 5.57. The van der Waals surface area contributed by atoms with Crippen LogP contribution in [0, 0.1) is 6.92 Å². The van der Waals surface area contributed by atoms with E-state index in [4.69, 9.17) is 4.98 Å². The van der Waals surface area contributed by atoms with Crippen molar-refractivity contribution in [1.82, 2.24) is 9.97 Å². The highest BCUT2D eigenvalue weighted by Gasteiger charge is 2.21. The molecule has 0 fully saturated rings. The number of anilines is 2. The van der Waals surface area contributed by atoms with Gasteiger partial charge in [-0.15, -0.1) is 0 Å². The van der Waals surface area contributed by atoms with E-state index in [0.717, 1.165) is 23.0 Å². The molecule has 1 atom stereocenters. The minimum absolute atomic E-state index is 0.0544. The molecule has 1 aromatic heterocycles. The van der Waals surface area contributed by atoms with E-state index in [1.54, 1.807) is 0 Å². The lowest BCUT2D eigenvalue weighted by Crippen LogP contribution is -2.22. The maximum atomic E-state index is 4.76. The number of nitrogens with zero attached hydrogens (tertiary/aromatic N) is 2. The Morgan fingerprint density at radius 3 is 2.24 bits per heavy atom. The zero-order valence-corrected chi connectivity index (χ0v) is 14.8. The Kier molecular flexibility index (Phi) is 6.43. The fraction of sp³-hybridized carbons (Fsp3) is 0.765. The van der Waals surface area contributed by atoms with Gasteiger partial charge in [0.25, 0.3) is 0 Å². The average Bonchev–Trinajstić information content (AvgIpc) is 2.40. The molecule has 0 aromatic carbocycles. The number of hydrogen-bond donors (Lipinski definition) is 2. The van der Waals surface area contributed by atoms with Crippen LogP contribution in [0.5, 0.6) is 0 Å². The van der Waals surface area contributed by atoms with Crippen LogP contribution in [0.4, 0.5) is 11.6 Å². The van der Waals surface area contributed by atoms with Crippen molar-refractivity contribution in [3.63, 3.8) is 0 Å². The van der Waals surface area contributed by atoms with Gasteiger partial charge in [-0.1, -0.05) is 47.0 Å². The number of unbranched alkanes of at least 4 members (excludes halogenated alkanes) is 2. The molecule has 0 radical (unpaired) electrons. The Bertz CT molecular complexity index is 449. The van der Waals surface area contributed by atoms with Gasteiger partial charge in [-0.2, -0.15) is 0 Å². The Labute approximate surface area is 130 Å². The summed E-state index contributed by atoms with van der Waals surface area (Å²) in [6, 6.07) is 0.433. The minimum atomic E-state index is -0.0544. The third-order valence-corrected chi connectivity index (χ3v) is 3.68. The van der Waals surface area contributed by atoms with Crippen molar-refractivity contribution in [2.75, 3.05) is 17.7 Å². The van der Waals surface area contributed by atoms with Gasteiger partial charge in [0.1, 0.15) is 17.5 Å². The SMILES string of the molecule is CCCCCC(C)Nc1nc(C(C)(C)C)nc(NC)c1C. The minimum Gasteiger partial charge on any atom is -0.373 e. The van der Waals surface area contributed by atoms with Crippen molar-refractivity contribution in [3.8, 4) is 0 Å². The lowest BCUT2D eigenvalue weighted by Gasteiger charge is -2.22.